The van der Waals surface area contributed by atoms with Gasteiger partial charge in [-0.15, -0.1) is 6.42 Å². The Kier molecular flexibility index (Phi) is 2.64. The molecule has 23 heavy (non-hydrogen) atoms. The second-order valence-electron chi connectivity index (χ2n) is 5.86. The molecule has 0 saturated heterocycles. The Morgan fingerprint density at radius 1 is 1.39 bits per heavy atom. The molecule has 4 rings (SSSR count). The first-order chi connectivity index (χ1) is 11.1. The molecule has 0 fully saturated rings. The zero-order chi connectivity index (χ0) is 16.2. The van der Waals surface area contributed by atoms with Crippen LogP contribution in [0, 0.1) is 19.3 Å². The molecule has 1 spiro atoms. The second kappa shape index (κ2) is 4.46. The molecule has 0 radical (unpaired) electrons. The predicted octanol–water partition coefficient (Wildman–Crippen LogP) is 1.33. The molecule has 6 nitrogen and oxygen atoms in total. The molecular formula is C17H14N4O2. The maximum Gasteiger partial charge on any atom is 0.243 e. The van der Waals surface area contributed by atoms with Crippen LogP contribution in [0.5, 0.6) is 0 Å². The summed E-state index contributed by atoms with van der Waals surface area (Å²) in [5.41, 5.74) is 2.21. The van der Waals surface area contributed by atoms with Crippen LogP contribution in [0.1, 0.15) is 23.1 Å². The van der Waals surface area contributed by atoms with Crippen molar-refractivity contribution in [3.8, 4) is 12.3 Å². The fourth-order valence-corrected chi connectivity index (χ4v) is 3.71. The van der Waals surface area contributed by atoms with E-state index >= 15 is 0 Å². The normalized spacial score (nSPS) is 21.8. The van der Waals surface area contributed by atoms with Crippen LogP contribution < -0.4 is 10.2 Å². The SMILES string of the molecule is C#CCN1C(=O)C2(CC(=O)Nc3[nH]ncc32)c2cccc(C)c21. The molecule has 1 atom stereocenters. The molecule has 0 bridgehead atoms. The van der Waals surface area contributed by atoms with Crippen molar-refractivity contribution < 1.29 is 9.59 Å². The van der Waals surface area contributed by atoms with Crippen LogP contribution in [0.2, 0.25) is 0 Å². The molecule has 2 N–H and O–H groups in total. The van der Waals surface area contributed by atoms with Crippen molar-refractivity contribution in [2.24, 2.45) is 0 Å². The van der Waals surface area contributed by atoms with Crippen molar-refractivity contribution in [3.05, 3.63) is 41.1 Å². The number of aromatic amines is 1. The Morgan fingerprint density at radius 3 is 3.00 bits per heavy atom. The molecule has 1 aromatic heterocycles. The van der Waals surface area contributed by atoms with E-state index in [-0.39, 0.29) is 24.8 Å². The highest BCUT2D eigenvalue weighted by Crippen LogP contribution is 2.52. The minimum absolute atomic E-state index is 0.0515. The van der Waals surface area contributed by atoms with Crippen molar-refractivity contribution in [1.82, 2.24) is 10.2 Å². The maximum absolute atomic E-state index is 13.3. The number of hydrogen-bond acceptors (Lipinski definition) is 3. The summed E-state index contributed by atoms with van der Waals surface area (Å²) in [7, 11) is 0. The highest BCUT2D eigenvalue weighted by atomic mass is 16.2. The molecule has 2 aliphatic rings. The number of aryl methyl sites for hydroxylation is 1. The minimum Gasteiger partial charge on any atom is -0.311 e. The number of para-hydroxylation sites is 1. The lowest BCUT2D eigenvalue weighted by Gasteiger charge is -2.31. The minimum atomic E-state index is -1.05. The van der Waals surface area contributed by atoms with Crippen LogP contribution in [0.3, 0.4) is 0 Å². The summed E-state index contributed by atoms with van der Waals surface area (Å²) in [5.74, 6) is 2.63. The molecule has 0 saturated carbocycles. The second-order valence-corrected chi connectivity index (χ2v) is 5.86. The van der Waals surface area contributed by atoms with Gasteiger partial charge in [0.05, 0.1) is 18.4 Å². The van der Waals surface area contributed by atoms with E-state index in [1.807, 2.05) is 25.1 Å². The molecule has 2 aromatic rings. The number of carbonyl (C=O) groups excluding carboxylic acids is 2. The van der Waals surface area contributed by atoms with E-state index in [9.17, 15) is 9.59 Å². The molecule has 0 aliphatic carbocycles. The fraction of sp³-hybridized carbons (Fsp3) is 0.235. The number of fused-ring (bicyclic) bond motifs is 4. The Labute approximate surface area is 132 Å². The average molecular weight is 306 g/mol. The first-order valence-corrected chi connectivity index (χ1v) is 7.29. The van der Waals surface area contributed by atoms with E-state index in [1.165, 1.54) is 0 Å². The number of aromatic nitrogens is 2. The highest BCUT2D eigenvalue weighted by Gasteiger charge is 2.56. The number of hydrogen-bond donors (Lipinski definition) is 2. The van der Waals surface area contributed by atoms with Crippen LogP contribution in [0.4, 0.5) is 11.5 Å². The number of H-pyrrole nitrogens is 1. The van der Waals surface area contributed by atoms with Crippen LogP contribution in [-0.4, -0.2) is 28.6 Å². The number of terminal acetylenes is 1. The van der Waals surface area contributed by atoms with Gasteiger partial charge in [0.2, 0.25) is 11.8 Å². The van der Waals surface area contributed by atoms with Crippen LogP contribution in [0.25, 0.3) is 0 Å². The molecule has 114 valence electrons. The lowest BCUT2D eigenvalue weighted by atomic mass is 9.71. The lowest BCUT2D eigenvalue weighted by Crippen LogP contribution is -2.46. The Hall–Kier alpha value is -3.07. The Morgan fingerprint density at radius 2 is 2.22 bits per heavy atom. The summed E-state index contributed by atoms with van der Waals surface area (Å²) in [4.78, 5) is 27.1. The van der Waals surface area contributed by atoms with E-state index in [0.29, 0.717) is 11.4 Å². The standard InChI is InChI=1S/C17H14N4O2/c1-3-7-21-14-10(2)5-4-6-11(14)17(16(21)23)8-13(22)19-15-12(17)9-18-20-15/h1,4-6,9H,7-8H2,2H3,(H2,18,19,20,22). The maximum atomic E-state index is 13.3. The van der Waals surface area contributed by atoms with Gasteiger partial charge < -0.3 is 5.32 Å². The van der Waals surface area contributed by atoms with Gasteiger partial charge in [-0.05, 0) is 18.1 Å². The molecule has 6 heteroatoms. The molecule has 1 unspecified atom stereocenters. The topological polar surface area (TPSA) is 78.1 Å². The monoisotopic (exact) mass is 306 g/mol. The summed E-state index contributed by atoms with van der Waals surface area (Å²) >= 11 is 0. The number of benzene rings is 1. The molecular weight excluding hydrogens is 292 g/mol. The van der Waals surface area contributed by atoms with Gasteiger partial charge in [0.1, 0.15) is 11.2 Å². The van der Waals surface area contributed by atoms with Crippen molar-refractivity contribution in [2.45, 2.75) is 18.8 Å². The number of nitrogens with zero attached hydrogens (tertiary/aromatic N) is 2. The summed E-state index contributed by atoms with van der Waals surface area (Å²) in [5, 5.41) is 9.50. The van der Waals surface area contributed by atoms with Crippen LogP contribution >= 0.6 is 0 Å². The van der Waals surface area contributed by atoms with E-state index in [4.69, 9.17) is 6.42 Å². The lowest BCUT2D eigenvalue weighted by molar-refractivity contribution is -0.126. The van der Waals surface area contributed by atoms with Crippen LogP contribution in [0.15, 0.2) is 24.4 Å². The van der Waals surface area contributed by atoms with Gasteiger partial charge in [0, 0.05) is 12.0 Å². The van der Waals surface area contributed by atoms with E-state index in [0.717, 1.165) is 16.8 Å². The van der Waals surface area contributed by atoms with Gasteiger partial charge in [0.15, 0.2) is 0 Å². The predicted molar refractivity (Wildman–Crippen MR) is 85.0 cm³/mol. The van der Waals surface area contributed by atoms with Gasteiger partial charge in [-0.1, -0.05) is 24.1 Å². The molecule has 2 amide bonds. The number of rotatable bonds is 1. The summed E-state index contributed by atoms with van der Waals surface area (Å²) in [6, 6.07) is 5.73. The van der Waals surface area contributed by atoms with E-state index in [1.54, 1.807) is 11.1 Å². The Bertz CT molecular complexity index is 892. The summed E-state index contributed by atoms with van der Waals surface area (Å²) in [6.07, 6.45) is 7.12. The zero-order valence-corrected chi connectivity index (χ0v) is 12.5. The molecule has 1 aromatic carbocycles. The molecule has 3 heterocycles. The largest absolute Gasteiger partial charge is 0.311 e. The third-order valence-corrected chi connectivity index (χ3v) is 4.62. The van der Waals surface area contributed by atoms with Crippen LogP contribution in [-0.2, 0) is 15.0 Å². The van der Waals surface area contributed by atoms with Crippen molar-refractivity contribution in [3.63, 3.8) is 0 Å². The average Bonchev–Trinajstić information content (AvgIpc) is 3.07. The van der Waals surface area contributed by atoms with E-state index < -0.39 is 5.41 Å². The first kappa shape index (κ1) is 13.6. The fourth-order valence-electron chi connectivity index (χ4n) is 3.71. The molecule has 2 aliphatic heterocycles. The number of carbonyl (C=O) groups is 2. The number of anilines is 2. The van der Waals surface area contributed by atoms with Gasteiger partial charge in [-0.25, -0.2) is 0 Å². The smallest absolute Gasteiger partial charge is 0.243 e. The number of nitrogens with one attached hydrogen (secondary N) is 2. The van der Waals surface area contributed by atoms with Crippen molar-refractivity contribution >= 4 is 23.3 Å². The third kappa shape index (κ3) is 1.56. The van der Waals surface area contributed by atoms with Crippen molar-refractivity contribution in [1.29, 1.82) is 0 Å². The van der Waals surface area contributed by atoms with Gasteiger partial charge in [-0.2, -0.15) is 5.10 Å². The van der Waals surface area contributed by atoms with Gasteiger partial charge in [0.25, 0.3) is 0 Å². The number of amides is 2. The summed E-state index contributed by atoms with van der Waals surface area (Å²) in [6.45, 7) is 2.11. The quantitative estimate of drug-likeness (QED) is 0.780. The van der Waals surface area contributed by atoms with Gasteiger partial charge in [-0.3, -0.25) is 19.6 Å². The highest BCUT2D eigenvalue weighted by molar-refractivity contribution is 6.16. The van der Waals surface area contributed by atoms with Crippen molar-refractivity contribution in [2.75, 3.05) is 16.8 Å². The first-order valence-electron chi connectivity index (χ1n) is 7.29. The van der Waals surface area contributed by atoms with Gasteiger partial charge >= 0.3 is 0 Å². The van der Waals surface area contributed by atoms with E-state index in [2.05, 4.69) is 21.4 Å². The Balaban J connectivity index is 2.06. The zero-order valence-electron chi connectivity index (χ0n) is 12.5. The summed E-state index contributed by atoms with van der Waals surface area (Å²) < 4.78 is 0. The third-order valence-electron chi connectivity index (χ3n) is 4.62.